The number of nitrogens with zero attached hydrogens (tertiary/aromatic N) is 3. The van der Waals surface area contributed by atoms with Gasteiger partial charge in [0.25, 0.3) is 5.91 Å². The first-order valence-electron chi connectivity index (χ1n) is 7.94. The number of rotatable bonds is 2. The molecule has 0 unspecified atom stereocenters. The Labute approximate surface area is 125 Å². The zero-order chi connectivity index (χ0) is 15.2. The Balaban J connectivity index is 1.83. The van der Waals surface area contributed by atoms with Gasteiger partial charge in [0.05, 0.1) is 11.6 Å². The van der Waals surface area contributed by atoms with Crippen LogP contribution in [-0.4, -0.2) is 44.9 Å². The third kappa shape index (κ3) is 2.98. The number of aliphatic hydroxyl groups is 1. The Morgan fingerprint density at radius 3 is 2.38 bits per heavy atom. The number of aliphatic hydroxyl groups excluding tert-OH is 1. The van der Waals surface area contributed by atoms with Crippen LogP contribution in [-0.2, 0) is 5.54 Å². The first kappa shape index (κ1) is 14.6. The van der Waals surface area contributed by atoms with E-state index in [9.17, 15) is 9.90 Å². The van der Waals surface area contributed by atoms with Gasteiger partial charge in [0.2, 0.25) is 0 Å². The monoisotopic (exact) mass is 291 g/mol. The van der Waals surface area contributed by atoms with Gasteiger partial charge in [0.15, 0.2) is 5.69 Å². The molecule has 1 aromatic rings. The molecule has 1 aliphatic carbocycles. The molecule has 1 saturated heterocycles. The first-order chi connectivity index (χ1) is 9.86. The number of piperidine rings is 1. The van der Waals surface area contributed by atoms with Crippen molar-refractivity contribution in [1.29, 1.82) is 0 Å². The molecule has 0 bridgehead atoms. The number of likely N-dealkylation sites (tertiary alicyclic amines) is 1. The van der Waals surface area contributed by atoms with Gasteiger partial charge in [-0.05, 0) is 52.5 Å². The van der Waals surface area contributed by atoms with Gasteiger partial charge in [-0.25, -0.2) is 0 Å². The number of hydrogen-bond acceptors (Lipinski definition) is 3. The SMILES string of the molecule is CC(C)(C)n1nc(C(=O)N2CCC(O)CC2)cc1C1CC1. The Morgan fingerprint density at radius 1 is 1.24 bits per heavy atom. The van der Waals surface area contributed by atoms with Crippen LogP contribution < -0.4 is 0 Å². The third-order valence-corrected chi connectivity index (χ3v) is 4.34. The second kappa shape index (κ2) is 5.13. The van der Waals surface area contributed by atoms with E-state index in [0.717, 1.165) is 0 Å². The van der Waals surface area contributed by atoms with Gasteiger partial charge in [0, 0.05) is 24.7 Å². The van der Waals surface area contributed by atoms with Crippen molar-refractivity contribution in [3.05, 3.63) is 17.5 Å². The van der Waals surface area contributed by atoms with Crippen LogP contribution >= 0.6 is 0 Å². The zero-order valence-electron chi connectivity index (χ0n) is 13.2. The third-order valence-electron chi connectivity index (χ3n) is 4.34. The highest BCUT2D eigenvalue weighted by molar-refractivity contribution is 5.92. The molecule has 2 heterocycles. The van der Waals surface area contributed by atoms with Crippen molar-refractivity contribution in [2.45, 2.75) is 64.0 Å². The summed E-state index contributed by atoms with van der Waals surface area (Å²) in [5.74, 6) is 0.577. The van der Waals surface area contributed by atoms with Crippen molar-refractivity contribution < 1.29 is 9.90 Å². The van der Waals surface area contributed by atoms with E-state index in [-0.39, 0.29) is 17.6 Å². The van der Waals surface area contributed by atoms with Gasteiger partial charge in [0.1, 0.15) is 0 Å². The molecule has 3 rings (SSSR count). The maximum Gasteiger partial charge on any atom is 0.274 e. The zero-order valence-corrected chi connectivity index (χ0v) is 13.2. The molecular formula is C16H25N3O2. The van der Waals surface area contributed by atoms with E-state index in [4.69, 9.17) is 0 Å². The quantitative estimate of drug-likeness (QED) is 0.908. The molecule has 2 fully saturated rings. The minimum absolute atomic E-state index is 0.00630. The predicted molar refractivity (Wildman–Crippen MR) is 80.3 cm³/mol. The number of carbonyl (C=O) groups is 1. The Hall–Kier alpha value is -1.36. The summed E-state index contributed by atoms with van der Waals surface area (Å²) < 4.78 is 2.02. The van der Waals surface area contributed by atoms with Crippen LogP contribution in [0.4, 0.5) is 0 Å². The molecular weight excluding hydrogens is 266 g/mol. The van der Waals surface area contributed by atoms with Crippen LogP contribution in [0.1, 0.15) is 68.6 Å². The summed E-state index contributed by atoms with van der Waals surface area (Å²) in [4.78, 5) is 14.4. The average Bonchev–Trinajstić information content (AvgIpc) is 3.16. The standard InChI is InChI=1S/C16H25N3O2/c1-16(2,3)19-14(11-4-5-11)10-13(17-19)15(21)18-8-6-12(20)7-9-18/h10-12,20H,4-9H2,1-3H3. The average molecular weight is 291 g/mol. The van der Waals surface area contributed by atoms with Crippen molar-refractivity contribution in [1.82, 2.24) is 14.7 Å². The summed E-state index contributed by atoms with van der Waals surface area (Å²) in [6.45, 7) is 7.62. The molecule has 0 aromatic carbocycles. The Bertz CT molecular complexity index is 532. The number of amides is 1. The first-order valence-corrected chi connectivity index (χ1v) is 7.94. The van der Waals surface area contributed by atoms with E-state index in [0.29, 0.717) is 37.5 Å². The molecule has 21 heavy (non-hydrogen) atoms. The largest absolute Gasteiger partial charge is 0.393 e. The smallest absolute Gasteiger partial charge is 0.274 e. The van der Waals surface area contributed by atoms with Crippen molar-refractivity contribution >= 4 is 5.91 Å². The van der Waals surface area contributed by atoms with Gasteiger partial charge in [-0.3, -0.25) is 9.48 Å². The van der Waals surface area contributed by atoms with E-state index in [1.807, 2.05) is 15.6 Å². The van der Waals surface area contributed by atoms with Crippen LogP contribution in [0.25, 0.3) is 0 Å². The maximum absolute atomic E-state index is 12.6. The van der Waals surface area contributed by atoms with Gasteiger partial charge in [-0.15, -0.1) is 0 Å². The van der Waals surface area contributed by atoms with Crippen LogP contribution in [0.15, 0.2) is 6.07 Å². The van der Waals surface area contributed by atoms with Crippen molar-refractivity contribution in [2.75, 3.05) is 13.1 Å². The van der Waals surface area contributed by atoms with Gasteiger partial charge >= 0.3 is 0 Å². The van der Waals surface area contributed by atoms with Crippen LogP contribution in [0, 0.1) is 0 Å². The normalized spacial score (nSPS) is 20.9. The number of hydrogen-bond donors (Lipinski definition) is 1. The fraction of sp³-hybridized carbons (Fsp3) is 0.750. The Kier molecular flexibility index (Phi) is 3.56. The van der Waals surface area contributed by atoms with Gasteiger partial charge < -0.3 is 10.0 Å². The molecule has 1 amide bonds. The van der Waals surface area contributed by atoms with E-state index in [2.05, 4.69) is 25.9 Å². The van der Waals surface area contributed by atoms with Gasteiger partial charge in [-0.1, -0.05) is 0 Å². The van der Waals surface area contributed by atoms with Crippen molar-refractivity contribution in [2.24, 2.45) is 0 Å². The molecule has 116 valence electrons. The molecule has 5 heteroatoms. The predicted octanol–water partition coefficient (Wildman–Crippen LogP) is 2.11. The number of aromatic nitrogens is 2. The molecule has 0 spiro atoms. The molecule has 5 nitrogen and oxygen atoms in total. The second-order valence-electron chi connectivity index (χ2n) is 7.33. The lowest BCUT2D eigenvalue weighted by Gasteiger charge is -2.29. The molecule has 1 aromatic heterocycles. The second-order valence-corrected chi connectivity index (χ2v) is 7.33. The van der Waals surface area contributed by atoms with Crippen LogP contribution in [0.5, 0.6) is 0 Å². The summed E-state index contributed by atoms with van der Waals surface area (Å²) in [5.41, 5.74) is 1.65. The lowest BCUT2D eigenvalue weighted by atomic mass is 10.1. The minimum Gasteiger partial charge on any atom is -0.393 e. The molecule has 0 radical (unpaired) electrons. The summed E-state index contributed by atoms with van der Waals surface area (Å²) in [6.07, 6.45) is 3.47. The van der Waals surface area contributed by atoms with Crippen LogP contribution in [0.3, 0.4) is 0 Å². The minimum atomic E-state index is -0.261. The number of carbonyl (C=O) groups excluding carboxylic acids is 1. The van der Waals surface area contributed by atoms with Crippen LogP contribution in [0.2, 0.25) is 0 Å². The summed E-state index contributed by atoms with van der Waals surface area (Å²) in [7, 11) is 0. The molecule has 1 aliphatic heterocycles. The highest BCUT2D eigenvalue weighted by Crippen LogP contribution is 2.41. The molecule has 1 N–H and O–H groups in total. The van der Waals surface area contributed by atoms with E-state index in [1.165, 1.54) is 18.5 Å². The Morgan fingerprint density at radius 2 is 1.86 bits per heavy atom. The van der Waals surface area contributed by atoms with E-state index < -0.39 is 0 Å². The van der Waals surface area contributed by atoms with Gasteiger partial charge in [-0.2, -0.15) is 5.10 Å². The molecule has 1 saturated carbocycles. The van der Waals surface area contributed by atoms with E-state index in [1.54, 1.807) is 0 Å². The topological polar surface area (TPSA) is 58.4 Å². The fourth-order valence-electron chi connectivity index (χ4n) is 2.94. The fourth-order valence-corrected chi connectivity index (χ4v) is 2.94. The lowest BCUT2D eigenvalue weighted by Crippen LogP contribution is -2.40. The molecule has 0 atom stereocenters. The highest BCUT2D eigenvalue weighted by Gasteiger charge is 2.33. The summed E-state index contributed by atoms with van der Waals surface area (Å²) >= 11 is 0. The molecule has 2 aliphatic rings. The lowest BCUT2D eigenvalue weighted by molar-refractivity contribution is 0.0540. The summed E-state index contributed by atoms with van der Waals surface area (Å²) in [5, 5.41) is 14.2. The van der Waals surface area contributed by atoms with E-state index >= 15 is 0 Å². The maximum atomic E-state index is 12.6. The highest BCUT2D eigenvalue weighted by atomic mass is 16.3. The van der Waals surface area contributed by atoms with Crippen molar-refractivity contribution in [3.63, 3.8) is 0 Å². The summed E-state index contributed by atoms with van der Waals surface area (Å²) in [6, 6.07) is 1.98. The van der Waals surface area contributed by atoms with Crippen molar-refractivity contribution in [3.8, 4) is 0 Å².